The van der Waals surface area contributed by atoms with Gasteiger partial charge in [-0.2, -0.15) is 14.5 Å². The second-order valence-electron chi connectivity index (χ2n) is 4.47. The third kappa shape index (κ3) is 1.98. The van der Waals surface area contributed by atoms with Gasteiger partial charge in [-0.3, -0.25) is 10.7 Å². The molecule has 0 amide bonds. The maximum atomic E-state index is 9.21. The Kier molecular flexibility index (Phi) is 2.80. The summed E-state index contributed by atoms with van der Waals surface area (Å²) in [5.41, 5.74) is 2.56. The largest absolute Gasteiger partial charge is 0.423 e. The fourth-order valence-electron chi connectivity index (χ4n) is 2.13. The van der Waals surface area contributed by atoms with Gasteiger partial charge < -0.3 is 4.74 Å². The number of hydrogen-bond donors (Lipinski definition) is 2. The van der Waals surface area contributed by atoms with E-state index in [1.54, 1.807) is 30.5 Å². The molecule has 2 N–H and O–H groups in total. The van der Waals surface area contributed by atoms with Crippen molar-refractivity contribution in [3.8, 4) is 11.8 Å². The van der Waals surface area contributed by atoms with Crippen molar-refractivity contribution in [2.75, 3.05) is 5.48 Å². The molecular weight excluding hydrogens is 284 g/mol. The Morgan fingerprint density at radius 2 is 1.91 bits per heavy atom. The highest BCUT2D eigenvalue weighted by atomic mass is 16.5. The van der Waals surface area contributed by atoms with Crippen LogP contribution in [0.4, 0.5) is 5.82 Å². The highest BCUT2D eigenvalue weighted by Gasteiger charge is 2.14. The lowest BCUT2D eigenvalue weighted by atomic mass is 10.3. The highest BCUT2D eigenvalue weighted by Crippen LogP contribution is 2.23. The lowest BCUT2D eigenvalue weighted by Crippen LogP contribution is -2.01. The number of benzene rings is 1. The van der Waals surface area contributed by atoms with Crippen LogP contribution in [0.3, 0.4) is 0 Å². The summed E-state index contributed by atoms with van der Waals surface area (Å²) in [6, 6.07) is 12.9. The lowest BCUT2D eigenvalue weighted by molar-refractivity contribution is 0.387. The zero-order valence-corrected chi connectivity index (χ0v) is 11.2. The molecule has 0 radical (unpaired) electrons. The molecule has 0 unspecified atom stereocenters. The molecule has 0 spiro atoms. The Balaban J connectivity index is 1.88. The summed E-state index contributed by atoms with van der Waals surface area (Å²) in [6.07, 6.45) is 1.63. The van der Waals surface area contributed by atoms with Gasteiger partial charge in [-0.1, -0.05) is 18.2 Å². The van der Waals surface area contributed by atoms with Crippen molar-refractivity contribution in [3.63, 3.8) is 0 Å². The second kappa shape index (κ2) is 4.93. The zero-order valence-electron chi connectivity index (χ0n) is 11.2. The van der Waals surface area contributed by atoms with Crippen LogP contribution in [0.15, 0.2) is 48.7 Å². The van der Waals surface area contributed by atoms with E-state index in [1.165, 1.54) is 4.52 Å². The lowest BCUT2D eigenvalue weighted by Gasteiger charge is -2.03. The van der Waals surface area contributed by atoms with Crippen molar-refractivity contribution in [1.82, 2.24) is 24.6 Å². The molecule has 0 saturated heterocycles. The van der Waals surface area contributed by atoms with E-state index in [4.69, 9.17) is 4.74 Å². The molecule has 0 aliphatic rings. The number of fused-ring (bicyclic) bond motifs is 3. The second-order valence-corrected chi connectivity index (χ2v) is 4.47. The van der Waals surface area contributed by atoms with Crippen LogP contribution < -0.4 is 10.2 Å². The SMILES string of the molecule is ONc1nc2nc(Oc3ccccc3)nn2c2ncccc12. The summed E-state index contributed by atoms with van der Waals surface area (Å²) in [7, 11) is 0. The van der Waals surface area contributed by atoms with Gasteiger partial charge in [0.25, 0.3) is 5.78 Å². The first-order valence-corrected chi connectivity index (χ1v) is 6.49. The molecule has 0 fully saturated rings. The maximum Gasteiger partial charge on any atom is 0.343 e. The van der Waals surface area contributed by atoms with Gasteiger partial charge in [0.2, 0.25) is 0 Å². The summed E-state index contributed by atoms with van der Waals surface area (Å²) in [4.78, 5) is 12.6. The van der Waals surface area contributed by atoms with E-state index in [2.05, 4.69) is 20.1 Å². The van der Waals surface area contributed by atoms with Gasteiger partial charge in [-0.15, -0.1) is 5.10 Å². The summed E-state index contributed by atoms with van der Waals surface area (Å²) >= 11 is 0. The molecule has 108 valence electrons. The molecule has 0 saturated carbocycles. The molecule has 0 bridgehead atoms. The Morgan fingerprint density at radius 3 is 2.73 bits per heavy atom. The minimum absolute atomic E-state index is 0.153. The van der Waals surface area contributed by atoms with Gasteiger partial charge in [-0.05, 0) is 24.3 Å². The molecule has 8 nitrogen and oxygen atoms in total. The predicted molar refractivity (Wildman–Crippen MR) is 78.0 cm³/mol. The number of para-hydroxylation sites is 1. The van der Waals surface area contributed by atoms with Crippen LogP contribution in [0.5, 0.6) is 11.8 Å². The Bertz CT molecular complexity index is 954. The number of nitrogens with one attached hydrogen (secondary N) is 1. The van der Waals surface area contributed by atoms with Crippen molar-refractivity contribution in [3.05, 3.63) is 48.7 Å². The van der Waals surface area contributed by atoms with Crippen LogP contribution in [0.2, 0.25) is 0 Å². The number of ether oxygens (including phenoxy) is 1. The molecule has 22 heavy (non-hydrogen) atoms. The van der Waals surface area contributed by atoms with Crippen LogP contribution in [0, 0.1) is 0 Å². The molecule has 3 aromatic heterocycles. The van der Waals surface area contributed by atoms with Crippen molar-refractivity contribution in [1.29, 1.82) is 0 Å². The fourth-order valence-corrected chi connectivity index (χ4v) is 2.13. The quantitative estimate of drug-likeness (QED) is 0.559. The van der Waals surface area contributed by atoms with Crippen LogP contribution in [0.1, 0.15) is 0 Å². The van der Waals surface area contributed by atoms with E-state index in [0.29, 0.717) is 16.8 Å². The molecule has 0 atom stereocenters. The standard InChI is InChI=1S/C14H10N6O2/c21-19-11-10-7-4-8-15-12(10)20-13(16-11)17-14(18-20)22-9-5-2-1-3-6-9/h1-8,21H,(H,16,17,18,19). The van der Waals surface area contributed by atoms with Crippen LogP contribution >= 0.6 is 0 Å². The van der Waals surface area contributed by atoms with E-state index in [9.17, 15) is 5.21 Å². The normalized spacial score (nSPS) is 11.0. The monoisotopic (exact) mass is 294 g/mol. The van der Waals surface area contributed by atoms with Gasteiger partial charge >= 0.3 is 6.01 Å². The third-order valence-corrected chi connectivity index (χ3v) is 3.08. The van der Waals surface area contributed by atoms with E-state index < -0.39 is 0 Å². The Morgan fingerprint density at radius 1 is 1.05 bits per heavy atom. The molecule has 0 aliphatic heterocycles. The summed E-state index contributed by atoms with van der Waals surface area (Å²) in [6.45, 7) is 0. The third-order valence-electron chi connectivity index (χ3n) is 3.08. The van der Waals surface area contributed by atoms with Gasteiger partial charge in [-0.25, -0.2) is 4.98 Å². The molecule has 0 aliphatic carbocycles. The smallest absolute Gasteiger partial charge is 0.343 e. The predicted octanol–water partition coefficient (Wildman–Crippen LogP) is 2.27. The van der Waals surface area contributed by atoms with E-state index in [-0.39, 0.29) is 17.6 Å². The Hall–Kier alpha value is -3.26. The van der Waals surface area contributed by atoms with Crippen molar-refractivity contribution in [2.45, 2.75) is 0 Å². The molecule has 4 rings (SSSR count). The van der Waals surface area contributed by atoms with Crippen molar-refractivity contribution in [2.24, 2.45) is 0 Å². The average molecular weight is 294 g/mol. The molecule has 3 heterocycles. The minimum Gasteiger partial charge on any atom is -0.423 e. The first-order valence-electron chi connectivity index (χ1n) is 6.49. The average Bonchev–Trinajstić information content (AvgIpc) is 2.97. The number of nitrogens with zero attached hydrogens (tertiary/aromatic N) is 5. The fraction of sp³-hybridized carbons (Fsp3) is 0. The molecular formula is C14H10N6O2. The molecule has 4 aromatic rings. The number of pyridine rings is 1. The number of hydrogen-bond acceptors (Lipinski definition) is 7. The van der Waals surface area contributed by atoms with E-state index in [1.807, 2.05) is 23.7 Å². The van der Waals surface area contributed by atoms with E-state index in [0.717, 1.165) is 0 Å². The summed E-state index contributed by atoms with van der Waals surface area (Å²) in [5.74, 6) is 1.15. The minimum atomic E-state index is 0.153. The molecule has 1 aromatic carbocycles. The first kappa shape index (κ1) is 12.5. The number of aromatic nitrogens is 5. The maximum absolute atomic E-state index is 9.21. The number of anilines is 1. The van der Waals surface area contributed by atoms with Gasteiger partial charge in [0, 0.05) is 6.20 Å². The topological polar surface area (TPSA) is 97.5 Å². The van der Waals surface area contributed by atoms with Gasteiger partial charge in [0.15, 0.2) is 11.5 Å². The van der Waals surface area contributed by atoms with Crippen LogP contribution in [-0.4, -0.2) is 29.8 Å². The van der Waals surface area contributed by atoms with Crippen LogP contribution in [-0.2, 0) is 0 Å². The summed E-state index contributed by atoms with van der Waals surface area (Å²) in [5, 5.41) is 14.1. The van der Waals surface area contributed by atoms with Gasteiger partial charge in [0.1, 0.15) is 5.75 Å². The highest BCUT2D eigenvalue weighted by molar-refractivity contribution is 5.87. The van der Waals surface area contributed by atoms with Crippen LogP contribution in [0.25, 0.3) is 16.8 Å². The zero-order chi connectivity index (χ0) is 14.9. The van der Waals surface area contributed by atoms with Gasteiger partial charge in [0.05, 0.1) is 5.39 Å². The van der Waals surface area contributed by atoms with E-state index >= 15 is 0 Å². The summed E-state index contributed by atoms with van der Waals surface area (Å²) < 4.78 is 7.06. The Labute approximate surface area is 124 Å². The van der Waals surface area contributed by atoms with Crippen molar-refractivity contribution >= 4 is 22.6 Å². The molecule has 8 heteroatoms. The first-order chi connectivity index (χ1) is 10.8. The van der Waals surface area contributed by atoms with Crippen molar-refractivity contribution < 1.29 is 9.94 Å². The number of rotatable bonds is 3.